The third kappa shape index (κ3) is 2.30. The van der Waals surface area contributed by atoms with Crippen LogP contribution < -0.4 is 4.90 Å². The molecule has 0 saturated heterocycles. The van der Waals surface area contributed by atoms with Gasteiger partial charge in [-0.15, -0.1) is 0 Å². The molecule has 0 fully saturated rings. The highest BCUT2D eigenvalue weighted by molar-refractivity contribution is 6.52. The van der Waals surface area contributed by atoms with E-state index >= 15 is 0 Å². The maximum atomic E-state index is 12.6. The number of aromatic nitrogens is 3. The second-order valence-electron chi connectivity index (χ2n) is 7.36. The van der Waals surface area contributed by atoms with Crippen LogP contribution in [0.3, 0.4) is 0 Å². The molecule has 1 aliphatic heterocycles. The number of fused-ring (bicyclic) bond motifs is 5. The lowest BCUT2D eigenvalue weighted by atomic mass is 10.1. The Balaban J connectivity index is 1.48. The van der Waals surface area contributed by atoms with Crippen molar-refractivity contribution in [1.82, 2.24) is 14.5 Å². The number of ketones is 1. The third-order valence-corrected chi connectivity index (χ3v) is 5.68. The molecule has 0 bridgehead atoms. The summed E-state index contributed by atoms with van der Waals surface area (Å²) in [6, 6.07) is 23.0. The lowest BCUT2D eigenvalue weighted by molar-refractivity contribution is -0.114. The Hall–Kier alpha value is -4.06. The minimum atomic E-state index is -0.478. The van der Waals surface area contributed by atoms with Gasteiger partial charge in [-0.1, -0.05) is 42.5 Å². The SMILES string of the molecule is O=C1C(=O)N(CCn2c3ccccc3c3nc4ccccc4nc32)c2ccccc21. The molecule has 0 N–H and O–H groups in total. The average Bonchev–Trinajstić information content (AvgIpc) is 3.22. The molecule has 6 heteroatoms. The highest BCUT2D eigenvalue weighted by atomic mass is 16.2. The van der Waals surface area contributed by atoms with Crippen molar-refractivity contribution in [2.24, 2.45) is 0 Å². The Labute approximate surface area is 171 Å². The molecule has 1 aliphatic rings. The summed E-state index contributed by atoms with van der Waals surface area (Å²) in [5.74, 6) is -0.924. The van der Waals surface area contributed by atoms with E-state index in [1.807, 2.05) is 60.7 Å². The fraction of sp³-hybridized carbons (Fsp3) is 0.0833. The van der Waals surface area contributed by atoms with Crippen molar-refractivity contribution in [2.45, 2.75) is 6.54 Å². The number of amides is 1. The summed E-state index contributed by atoms with van der Waals surface area (Å²) in [5.41, 5.74) is 5.44. The number of nitrogens with zero attached hydrogens (tertiary/aromatic N) is 4. The van der Waals surface area contributed by atoms with Gasteiger partial charge in [0.15, 0.2) is 5.65 Å². The standard InChI is InChI=1S/C24H16N4O2/c29-22-16-8-2-6-12-20(16)28(24(22)30)14-13-27-19-11-5-1-7-15(19)21-23(27)26-18-10-4-3-9-17(18)25-21/h1-12H,13-14H2. The van der Waals surface area contributed by atoms with Crippen LogP contribution in [0.4, 0.5) is 5.69 Å². The summed E-state index contributed by atoms with van der Waals surface area (Å²) in [7, 11) is 0. The zero-order valence-electron chi connectivity index (χ0n) is 15.9. The van der Waals surface area contributed by atoms with Gasteiger partial charge in [-0.25, -0.2) is 9.97 Å². The smallest absolute Gasteiger partial charge is 0.299 e. The van der Waals surface area contributed by atoms with Crippen molar-refractivity contribution < 1.29 is 9.59 Å². The maximum Gasteiger partial charge on any atom is 0.299 e. The number of rotatable bonds is 3. The van der Waals surface area contributed by atoms with E-state index in [2.05, 4.69) is 4.57 Å². The molecule has 0 spiro atoms. The number of para-hydroxylation sites is 4. The summed E-state index contributed by atoms with van der Waals surface area (Å²) < 4.78 is 2.09. The lowest BCUT2D eigenvalue weighted by Crippen LogP contribution is -2.32. The molecule has 1 amide bonds. The number of carbonyl (C=O) groups excluding carboxylic acids is 2. The summed E-state index contributed by atoms with van der Waals surface area (Å²) in [5, 5.41) is 1.02. The third-order valence-electron chi connectivity index (χ3n) is 5.68. The van der Waals surface area contributed by atoms with Crippen LogP contribution in [0.5, 0.6) is 0 Å². The van der Waals surface area contributed by atoms with Crippen LogP contribution in [0.1, 0.15) is 10.4 Å². The monoisotopic (exact) mass is 392 g/mol. The minimum Gasteiger partial charge on any atom is -0.322 e. The van der Waals surface area contributed by atoms with Crippen molar-refractivity contribution in [3.8, 4) is 0 Å². The van der Waals surface area contributed by atoms with Gasteiger partial charge in [0.25, 0.3) is 11.7 Å². The second kappa shape index (κ2) is 6.22. The van der Waals surface area contributed by atoms with Crippen LogP contribution in [0.25, 0.3) is 33.1 Å². The number of carbonyl (C=O) groups is 2. The van der Waals surface area contributed by atoms with E-state index in [4.69, 9.17) is 9.97 Å². The summed E-state index contributed by atoms with van der Waals surface area (Å²) in [6.07, 6.45) is 0. The van der Waals surface area contributed by atoms with E-state index in [1.165, 1.54) is 0 Å². The van der Waals surface area contributed by atoms with Crippen molar-refractivity contribution in [3.63, 3.8) is 0 Å². The first kappa shape index (κ1) is 16.9. The molecule has 0 unspecified atom stereocenters. The molecule has 5 aromatic rings. The molecule has 2 aromatic heterocycles. The molecule has 6 rings (SSSR count). The Bertz CT molecular complexity index is 1500. The van der Waals surface area contributed by atoms with Crippen molar-refractivity contribution in [1.29, 1.82) is 0 Å². The summed E-state index contributed by atoms with van der Waals surface area (Å²) >= 11 is 0. The average molecular weight is 392 g/mol. The predicted molar refractivity (Wildman–Crippen MR) is 116 cm³/mol. The fourth-order valence-corrected chi connectivity index (χ4v) is 4.28. The van der Waals surface area contributed by atoms with Crippen molar-refractivity contribution >= 4 is 50.5 Å². The van der Waals surface area contributed by atoms with Crippen LogP contribution in [0.15, 0.2) is 72.8 Å². The predicted octanol–water partition coefficient (Wildman–Crippen LogP) is 3.97. The van der Waals surface area contributed by atoms with Crippen molar-refractivity contribution in [2.75, 3.05) is 11.4 Å². The number of hydrogen-bond acceptors (Lipinski definition) is 4. The number of hydrogen-bond donors (Lipinski definition) is 0. The first-order chi connectivity index (χ1) is 14.7. The molecule has 0 aliphatic carbocycles. The molecule has 0 saturated carbocycles. The van der Waals surface area contributed by atoms with E-state index in [-0.39, 0.29) is 0 Å². The summed E-state index contributed by atoms with van der Waals surface area (Å²) in [6.45, 7) is 0.883. The Morgan fingerprint density at radius 3 is 2.30 bits per heavy atom. The van der Waals surface area contributed by atoms with E-state index < -0.39 is 11.7 Å². The minimum absolute atomic E-state index is 0.379. The molecule has 0 radical (unpaired) electrons. The largest absolute Gasteiger partial charge is 0.322 e. The zero-order valence-corrected chi connectivity index (χ0v) is 15.9. The van der Waals surface area contributed by atoms with E-state index in [0.29, 0.717) is 24.3 Å². The van der Waals surface area contributed by atoms with Crippen LogP contribution in [0.2, 0.25) is 0 Å². The van der Waals surface area contributed by atoms with E-state index in [9.17, 15) is 9.59 Å². The normalized spacial score (nSPS) is 13.7. The topological polar surface area (TPSA) is 68.1 Å². The first-order valence-electron chi connectivity index (χ1n) is 9.81. The Kier molecular flexibility index (Phi) is 3.49. The van der Waals surface area contributed by atoms with Gasteiger partial charge in [-0.05, 0) is 30.3 Å². The van der Waals surface area contributed by atoms with Crippen LogP contribution in [-0.2, 0) is 11.3 Å². The van der Waals surface area contributed by atoms with Gasteiger partial charge in [0.2, 0.25) is 0 Å². The van der Waals surface area contributed by atoms with Gasteiger partial charge in [0.05, 0.1) is 27.8 Å². The molecule has 0 atom stereocenters. The van der Waals surface area contributed by atoms with Gasteiger partial charge in [0, 0.05) is 18.5 Å². The van der Waals surface area contributed by atoms with E-state index in [1.54, 1.807) is 17.0 Å². The Morgan fingerprint density at radius 2 is 1.43 bits per heavy atom. The first-order valence-corrected chi connectivity index (χ1v) is 9.81. The van der Waals surface area contributed by atoms with Crippen molar-refractivity contribution in [3.05, 3.63) is 78.4 Å². The maximum absolute atomic E-state index is 12.6. The number of benzene rings is 3. The summed E-state index contributed by atoms with van der Waals surface area (Å²) in [4.78, 5) is 36.2. The van der Waals surface area contributed by atoms with Gasteiger partial charge in [-0.3, -0.25) is 9.59 Å². The molecule has 144 valence electrons. The fourth-order valence-electron chi connectivity index (χ4n) is 4.28. The van der Waals surface area contributed by atoms with Gasteiger partial charge < -0.3 is 9.47 Å². The molecular formula is C24H16N4O2. The van der Waals surface area contributed by atoms with E-state index in [0.717, 1.165) is 33.1 Å². The quantitative estimate of drug-likeness (QED) is 0.436. The number of Topliss-reactive ketones (excluding diaryl/α,β-unsaturated/α-hetero) is 1. The molecular weight excluding hydrogens is 376 g/mol. The molecule has 3 heterocycles. The van der Waals surface area contributed by atoms with Gasteiger partial charge >= 0.3 is 0 Å². The lowest BCUT2D eigenvalue weighted by Gasteiger charge is -2.17. The highest BCUT2D eigenvalue weighted by Crippen LogP contribution is 2.31. The van der Waals surface area contributed by atoms with Crippen LogP contribution in [-0.4, -0.2) is 32.8 Å². The van der Waals surface area contributed by atoms with Crippen LogP contribution in [0, 0.1) is 0 Å². The van der Waals surface area contributed by atoms with Crippen LogP contribution >= 0.6 is 0 Å². The number of anilines is 1. The second-order valence-corrected chi connectivity index (χ2v) is 7.36. The highest BCUT2D eigenvalue weighted by Gasteiger charge is 2.35. The zero-order chi connectivity index (χ0) is 20.2. The van der Waals surface area contributed by atoms with Gasteiger partial charge in [-0.2, -0.15) is 0 Å². The van der Waals surface area contributed by atoms with Gasteiger partial charge in [0.1, 0.15) is 5.52 Å². The molecule has 3 aromatic carbocycles. The molecule has 6 nitrogen and oxygen atoms in total. The molecule has 30 heavy (non-hydrogen) atoms. The Morgan fingerprint density at radius 1 is 0.733 bits per heavy atom.